The SMILES string of the molecule is CCc1cc(C)nc2nncn12.CN(C)C(=O)c1cc(C(=O)N(C)C)n2cnnc2n1. The van der Waals surface area contributed by atoms with Crippen molar-refractivity contribution in [3.63, 3.8) is 0 Å². The summed E-state index contributed by atoms with van der Waals surface area (Å²) in [5.74, 6) is 0.364. The number of aromatic nitrogens is 8. The number of hydrogen-bond donors (Lipinski definition) is 0. The first kappa shape index (κ1) is 21.7. The third-order valence-electron chi connectivity index (χ3n) is 4.39. The van der Waals surface area contributed by atoms with Gasteiger partial charge in [0.05, 0.1) is 0 Å². The fraction of sp³-hybridized carbons (Fsp3) is 0.368. The van der Waals surface area contributed by atoms with Gasteiger partial charge in [-0.3, -0.25) is 18.4 Å². The molecule has 4 aromatic heterocycles. The number of rotatable bonds is 3. The zero-order valence-corrected chi connectivity index (χ0v) is 18.3. The molecule has 4 rings (SSSR count). The highest BCUT2D eigenvalue weighted by Gasteiger charge is 2.19. The largest absolute Gasteiger partial charge is 0.343 e. The number of hydrogen-bond acceptors (Lipinski definition) is 8. The molecule has 0 N–H and O–H groups in total. The van der Waals surface area contributed by atoms with Gasteiger partial charge >= 0.3 is 0 Å². The lowest BCUT2D eigenvalue weighted by atomic mass is 10.2. The summed E-state index contributed by atoms with van der Waals surface area (Å²) in [4.78, 5) is 35.2. The molecule has 0 saturated heterocycles. The molecule has 0 unspecified atom stereocenters. The van der Waals surface area contributed by atoms with Crippen molar-refractivity contribution in [2.24, 2.45) is 0 Å². The quantitative estimate of drug-likeness (QED) is 0.466. The molecule has 0 bridgehead atoms. The molecule has 0 saturated carbocycles. The molecule has 12 heteroatoms. The molecular weight excluding hydrogens is 400 g/mol. The van der Waals surface area contributed by atoms with Crippen molar-refractivity contribution in [3.05, 3.63) is 47.6 Å². The van der Waals surface area contributed by atoms with Gasteiger partial charge in [-0.15, -0.1) is 20.4 Å². The molecule has 0 spiro atoms. The van der Waals surface area contributed by atoms with Crippen LogP contribution in [0.2, 0.25) is 0 Å². The van der Waals surface area contributed by atoms with Gasteiger partial charge in [0.1, 0.15) is 24.0 Å². The Morgan fingerprint density at radius 2 is 1.45 bits per heavy atom. The fourth-order valence-electron chi connectivity index (χ4n) is 2.83. The van der Waals surface area contributed by atoms with Crippen molar-refractivity contribution >= 4 is 23.4 Å². The van der Waals surface area contributed by atoms with Crippen molar-refractivity contribution in [1.29, 1.82) is 0 Å². The smallest absolute Gasteiger partial charge is 0.272 e. The van der Waals surface area contributed by atoms with Crippen molar-refractivity contribution in [2.45, 2.75) is 20.3 Å². The average Bonchev–Trinajstić information content (AvgIpc) is 3.40. The van der Waals surface area contributed by atoms with Crippen molar-refractivity contribution in [3.8, 4) is 0 Å². The van der Waals surface area contributed by atoms with Crippen molar-refractivity contribution in [1.82, 2.24) is 49.0 Å². The first-order valence-corrected chi connectivity index (χ1v) is 9.53. The minimum absolute atomic E-state index is 0.163. The maximum Gasteiger partial charge on any atom is 0.272 e. The summed E-state index contributed by atoms with van der Waals surface area (Å²) in [6.45, 7) is 4.07. The Bertz CT molecular complexity index is 1240. The molecule has 0 fully saturated rings. The lowest BCUT2D eigenvalue weighted by Gasteiger charge is -2.14. The van der Waals surface area contributed by atoms with Crippen LogP contribution in [0.15, 0.2) is 24.8 Å². The van der Waals surface area contributed by atoms with Crippen LogP contribution in [0, 0.1) is 6.92 Å². The van der Waals surface area contributed by atoms with Crippen LogP contribution in [0.1, 0.15) is 39.3 Å². The summed E-state index contributed by atoms with van der Waals surface area (Å²) in [5.41, 5.74) is 2.65. The highest BCUT2D eigenvalue weighted by Crippen LogP contribution is 2.09. The average molecular weight is 424 g/mol. The van der Waals surface area contributed by atoms with Gasteiger partial charge in [-0.25, -0.2) is 9.97 Å². The van der Waals surface area contributed by atoms with E-state index in [-0.39, 0.29) is 23.3 Å². The van der Waals surface area contributed by atoms with Gasteiger partial charge in [-0.1, -0.05) is 6.92 Å². The van der Waals surface area contributed by atoms with E-state index >= 15 is 0 Å². The highest BCUT2D eigenvalue weighted by molar-refractivity contribution is 5.97. The van der Waals surface area contributed by atoms with E-state index in [9.17, 15) is 9.59 Å². The first-order chi connectivity index (χ1) is 14.7. The van der Waals surface area contributed by atoms with Gasteiger partial charge in [0.2, 0.25) is 0 Å². The molecule has 4 aromatic rings. The molecule has 0 aliphatic rings. The van der Waals surface area contributed by atoms with Crippen molar-refractivity contribution < 1.29 is 9.59 Å². The third kappa shape index (κ3) is 4.47. The topological polar surface area (TPSA) is 127 Å². The minimum Gasteiger partial charge on any atom is -0.343 e. The summed E-state index contributed by atoms with van der Waals surface area (Å²) < 4.78 is 3.36. The van der Waals surface area contributed by atoms with Gasteiger partial charge in [-0.05, 0) is 25.5 Å². The summed E-state index contributed by atoms with van der Waals surface area (Å²) in [6.07, 6.45) is 4.06. The second-order valence-electron chi connectivity index (χ2n) is 7.17. The summed E-state index contributed by atoms with van der Waals surface area (Å²) in [6, 6.07) is 3.50. The molecule has 0 aliphatic heterocycles. The number of nitrogens with zero attached hydrogens (tertiary/aromatic N) is 10. The first-order valence-electron chi connectivity index (χ1n) is 9.53. The van der Waals surface area contributed by atoms with E-state index in [1.54, 1.807) is 34.5 Å². The van der Waals surface area contributed by atoms with Crippen LogP contribution in [0.5, 0.6) is 0 Å². The summed E-state index contributed by atoms with van der Waals surface area (Å²) in [7, 11) is 6.50. The van der Waals surface area contributed by atoms with E-state index in [1.165, 1.54) is 32.3 Å². The Balaban J connectivity index is 0.000000194. The van der Waals surface area contributed by atoms with Gasteiger partial charge in [0.15, 0.2) is 0 Å². The Hall–Kier alpha value is -3.96. The Morgan fingerprint density at radius 3 is 2.03 bits per heavy atom. The zero-order valence-electron chi connectivity index (χ0n) is 18.3. The molecule has 0 aliphatic carbocycles. The van der Waals surface area contributed by atoms with Crippen LogP contribution < -0.4 is 0 Å². The Kier molecular flexibility index (Phi) is 6.18. The molecule has 0 aromatic carbocycles. The van der Waals surface area contributed by atoms with E-state index < -0.39 is 0 Å². The van der Waals surface area contributed by atoms with E-state index in [0.717, 1.165) is 12.1 Å². The molecule has 0 atom stereocenters. The van der Waals surface area contributed by atoms with Crippen LogP contribution >= 0.6 is 0 Å². The minimum atomic E-state index is -0.293. The zero-order chi connectivity index (χ0) is 22.7. The van der Waals surface area contributed by atoms with Crippen LogP contribution in [0.3, 0.4) is 0 Å². The maximum absolute atomic E-state index is 12.1. The number of fused-ring (bicyclic) bond motifs is 2. The van der Waals surface area contributed by atoms with Gasteiger partial charge in [0.25, 0.3) is 23.4 Å². The predicted octanol–water partition coefficient (Wildman–Crippen LogP) is 0.523. The second-order valence-corrected chi connectivity index (χ2v) is 7.17. The summed E-state index contributed by atoms with van der Waals surface area (Å²) >= 11 is 0. The van der Waals surface area contributed by atoms with E-state index in [1.807, 2.05) is 11.3 Å². The summed E-state index contributed by atoms with van der Waals surface area (Å²) in [5, 5.41) is 15.2. The number of carbonyl (C=O) groups is 2. The number of carbonyl (C=O) groups excluding carboxylic acids is 2. The third-order valence-corrected chi connectivity index (χ3v) is 4.39. The lowest BCUT2D eigenvalue weighted by Crippen LogP contribution is -2.27. The van der Waals surface area contributed by atoms with Crippen LogP contribution in [-0.4, -0.2) is 89.0 Å². The van der Waals surface area contributed by atoms with Crippen LogP contribution in [0.4, 0.5) is 0 Å². The maximum atomic E-state index is 12.1. The lowest BCUT2D eigenvalue weighted by molar-refractivity contribution is 0.0817. The Morgan fingerprint density at radius 1 is 0.871 bits per heavy atom. The van der Waals surface area contributed by atoms with Gasteiger partial charge < -0.3 is 9.80 Å². The molecule has 162 valence electrons. The van der Waals surface area contributed by atoms with Gasteiger partial charge in [-0.2, -0.15) is 0 Å². The van der Waals surface area contributed by atoms with Gasteiger partial charge in [0, 0.05) is 39.6 Å². The monoisotopic (exact) mass is 424 g/mol. The van der Waals surface area contributed by atoms with Crippen LogP contribution in [0.25, 0.3) is 11.6 Å². The number of aryl methyl sites for hydroxylation is 2. The van der Waals surface area contributed by atoms with E-state index in [0.29, 0.717) is 11.5 Å². The molecule has 0 radical (unpaired) electrons. The highest BCUT2D eigenvalue weighted by atomic mass is 16.2. The van der Waals surface area contributed by atoms with E-state index in [2.05, 4.69) is 43.4 Å². The Labute approximate surface area is 178 Å². The fourth-order valence-corrected chi connectivity index (χ4v) is 2.83. The molecule has 12 nitrogen and oxygen atoms in total. The van der Waals surface area contributed by atoms with E-state index in [4.69, 9.17) is 0 Å². The normalized spacial score (nSPS) is 10.6. The molecule has 31 heavy (non-hydrogen) atoms. The molecule has 2 amide bonds. The number of amides is 2. The molecular formula is C19H24N10O2. The van der Waals surface area contributed by atoms with Crippen molar-refractivity contribution in [2.75, 3.05) is 28.2 Å². The predicted molar refractivity (Wildman–Crippen MR) is 112 cm³/mol. The molecule has 4 heterocycles. The van der Waals surface area contributed by atoms with Crippen LogP contribution in [-0.2, 0) is 6.42 Å². The standard InChI is InChI=1S/C11H14N6O2.C8H10N4/c1-15(2)9(18)7-5-8(10(19)16(3)4)17-6-12-14-11(17)13-7;1-3-7-4-6(2)10-8-11-9-5-12(7)8/h5-6H,1-4H3;4-5H,3H2,1-2H3. The second kappa shape index (κ2) is 8.81.